The fraction of sp³-hybridized carbons (Fsp3) is 0.308. The van der Waals surface area contributed by atoms with Gasteiger partial charge < -0.3 is 9.88 Å². The number of nitrogens with zero attached hydrogens (tertiary/aromatic N) is 3. The molecule has 2 aromatic heterocycles. The van der Waals surface area contributed by atoms with Crippen molar-refractivity contribution in [2.24, 2.45) is 0 Å². The normalized spacial score (nSPS) is 10.3. The van der Waals surface area contributed by atoms with Crippen LogP contribution in [0.2, 0.25) is 0 Å². The largest absolute Gasteiger partial charge is 0.370 e. The summed E-state index contributed by atoms with van der Waals surface area (Å²) >= 11 is 0. The maximum Gasteiger partial charge on any atom is 0.181 e. The predicted molar refractivity (Wildman–Crippen MR) is 70.7 cm³/mol. The van der Waals surface area contributed by atoms with E-state index in [0.717, 1.165) is 23.9 Å². The van der Waals surface area contributed by atoms with Crippen LogP contribution < -0.4 is 10.7 Å². The molecule has 2 aromatic rings. The lowest BCUT2D eigenvalue weighted by molar-refractivity contribution is 0.733. The van der Waals surface area contributed by atoms with Gasteiger partial charge in [0.2, 0.25) is 0 Å². The summed E-state index contributed by atoms with van der Waals surface area (Å²) in [6, 6.07) is 4.97. The van der Waals surface area contributed by atoms with E-state index in [1.54, 1.807) is 12.4 Å². The third-order valence-corrected chi connectivity index (χ3v) is 2.44. The first kappa shape index (κ1) is 12.3. The fourth-order valence-electron chi connectivity index (χ4n) is 1.68. The van der Waals surface area contributed by atoms with Gasteiger partial charge in [0.15, 0.2) is 11.3 Å². The Morgan fingerprint density at radius 2 is 2.00 bits per heavy atom. The fourth-order valence-corrected chi connectivity index (χ4v) is 1.68. The quantitative estimate of drug-likeness (QED) is 0.883. The number of hydrogen-bond donors (Lipinski definition) is 1. The number of aryl methyl sites for hydroxylation is 1. The zero-order chi connectivity index (χ0) is 13.0. The summed E-state index contributed by atoms with van der Waals surface area (Å²) < 4.78 is 1.88. The third kappa shape index (κ3) is 3.16. The molecule has 0 spiro atoms. The molecule has 94 valence electrons. The molecule has 0 bridgehead atoms. The lowest BCUT2D eigenvalue weighted by Crippen LogP contribution is -2.10. The molecule has 2 rings (SSSR count). The average molecular weight is 244 g/mol. The van der Waals surface area contributed by atoms with Crippen LogP contribution in [0.5, 0.6) is 0 Å². The molecule has 0 aliphatic carbocycles. The zero-order valence-electron chi connectivity index (χ0n) is 10.6. The van der Waals surface area contributed by atoms with Gasteiger partial charge in [0.05, 0.1) is 6.54 Å². The minimum atomic E-state index is 0.00440. The smallest absolute Gasteiger partial charge is 0.181 e. The Kier molecular flexibility index (Phi) is 3.72. The molecule has 0 fully saturated rings. The summed E-state index contributed by atoms with van der Waals surface area (Å²) in [5.74, 6) is 1.57. The van der Waals surface area contributed by atoms with E-state index < -0.39 is 0 Å². The van der Waals surface area contributed by atoms with E-state index in [1.165, 1.54) is 12.1 Å². The van der Waals surface area contributed by atoms with Crippen LogP contribution in [0.3, 0.4) is 0 Å². The molecule has 2 heterocycles. The summed E-state index contributed by atoms with van der Waals surface area (Å²) in [6.07, 6.45) is 3.47. The van der Waals surface area contributed by atoms with Gasteiger partial charge in [-0.25, -0.2) is 9.97 Å². The van der Waals surface area contributed by atoms with Gasteiger partial charge in [-0.1, -0.05) is 0 Å². The molecule has 0 aliphatic rings. The van der Waals surface area contributed by atoms with Crippen LogP contribution in [-0.4, -0.2) is 21.1 Å². The molecule has 0 aromatic carbocycles. The van der Waals surface area contributed by atoms with Crippen LogP contribution in [0.1, 0.15) is 18.4 Å². The molecular formula is C13H16N4O. The molecule has 0 saturated heterocycles. The third-order valence-electron chi connectivity index (χ3n) is 2.44. The van der Waals surface area contributed by atoms with Crippen LogP contribution in [0.25, 0.3) is 0 Å². The van der Waals surface area contributed by atoms with Crippen LogP contribution in [-0.2, 0) is 6.54 Å². The Bertz CT molecular complexity index is 571. The number of nitrogens with one attached hydrogen (secondary N) is 1. The topological polar surface area (TPSA) is 59.8 Å². The van der Waals surface area contributed by atoms with Gasteiger partial charge in [0, 0.05) is 42.8 Å². The maximum absolute atomic E-state index is 11.0. The van der Waals surface area contributed by atoms with Crippen molar-refractivity contribution in [1.82, 2.24) is 14.5 Å². The molecule has 0 amide bonds. The summed E-state index contributed by atoms with van der Waals surface area (Å²) in [4.78, 5) is 19.8. The minimum Gasteiger partial charge on any atom is -0.370 e. The SMILES string of the molecule is CCNc1cc(C)nc(Cn2ccc(=O)cc2)n1. The molecule has 1 N–H and O–H groups in total. The Hall–Kier alpha value is -2.17. The Balaban J connectivity index is 2.22. The summed E-state index contributed by atoms with van der Waals surface area (Å²) in [5.41, 5.74) is 0.932. The molecule has 5 heteroatoms. The number of pyridine rings is 1. The van der Waals surface area contributed by atoms with Gasteiger partial charge in [0.1, 0.15) is 5.82 Å². The number of hydrogen-bond acceptors (Lipinski definition) is 4. The van der Waals surface area contributed by atoms with Crippen LogP contribution in [0, 0.1) is 6.92 Å². The van der Waals surface area contributed by atoms with E-state index in [-0.39, 0.29) is 5.43 Å². The van der Waals surface area contributed by atoms with Gasteiger partial charge in [0.25, 0.3) is 0 Å². The lowest BCUT2D eigenvalue weighted by atomic mass is 10.4. The number of anilines is 1. The standard InChI is InChI=1S/C13H16N4O/c1-3-14-12-8-10(2)15-13(16-12)9-17-6-4-11(18)5-7-17/h4-8H,3,9H2,1-2H3,(H,14,15,16). The molecular weight excluding hydrogens is 228 g/mol. The number of aromatic nitrogens is 3. The highest BCUT2D eigenvalue weighted by Crippen LogP contribution is 2.06. The zero-order valence-corrected chi connectivity index (χ0v) is 10.6. The monoisotopic (exact) mass is 244 g/mol. The van der Waals surface area contributed by atoms with Gasteiger partial charge >= 0.3 is 0 Å². The summed E-state index contributed by atoms with van der Waals surface area (Å²) in [6.45, 7) is 5.35. The van der Waals surface area contributed by atoms with Crippen molar-refractivity contribution in [3.05, 3.63) is 52.3 Å². The van der Waals surface area contributed by atoms with Crippen molar-refractivity contribution in [2.75, 3.05) is 11.9 Å². The van der Waals surface area contributed by atoms with Gasteiger partial charge in [-0.05, 0) is 13.8 Å². The summed E-state index contributed by atoms with van der Waals surface area (Å²) in [5, 5.41) is 3.17. The van der Waals surface area contributed by atoms with E-state index >= 15 is 0 Å². The summed E-state index contributed by atoms with van der Waals surface area (Å²) in [7, 11) is 0. The second kappa shape index (κ2) is 5.44. The van der Waals surface area contributed by atoms with Crippen molar-refractivity contribution >= 4 is 5.82 Å². The van der Waals surface area contributed by atoms with E-state index in [0.29, 0.717) is 6.54 Å². The van der Waals surface area contributed by atoms with Crippen molar-refractivity contribution in [3.8, 4) is 0 Å². The highest BCUT2D eigenvalue weighted by Gasteiger charge is 2.02. The van der Waals surface area contributed by atoms with E-state index in [9.17, 15) is 4.79 Å². The van der Waals surface area contributed by atoms with E-state index in [2.05, 4.69) is 15.3 Å². The Morgan fingerprint density at radius 3 is 2.67 bits per heavy atom. The molecule has 0 unspecified atom stereocenters. The van der Waals surface area contributed by atoms with Crippen LogP contribution in [0.4, 0.5) is 5.82 Å². The van der Waals surface area contributed by atoms with Crippen LogP contribution in [0.15, 0.2) is 35.4 Å². The van der Waals surface area contributed by atoms with Gasteiger partial charge in [-0.2, -0.15) is 0 Å². The van der Waals surface area contributed by atoms with Gasteiger partial charge in [-0.15, -0.1) is 0 Å². The van der Waals surface area contributed by atoms with Crippen LogP contribution >= 0.6 is 0 Å². The second-order valence-electron chi connectivity index (χ2n) is 4.05. The maximum atomic E-state index is 11.0. The first-order valence-corrected chi connectivity index (χ1v) is 5.92. The first-order valence-electron chi connectivity index (χ1n) is 5.92. The molecule has 0 radical (unpaired) electrons. The van der Waals surface area contributed by atoms with E-state index in [4.69, 9.17) is 0 Å². The molecule has 0 atom stereocenters. The Morgan fingerprint density at radius 1 is 1.28 bits per heavy atom. The average Bonchev–Trinajstić information content (AvgIpc) is 2.32. The minimum absolute atomic E-state index is 0.00440. The predicted octanol–water partition coefficient (Wildman–Crippen LogP) is 1.43. The molecule has 0 saturated carbocycles. The van der Waals surface area contributed by atoms with Crippen molar-refractivity contribution < 1.29 is 0 Å². The first-order chi connectivity index (χ1) is 8.67. The second-order valence-corrected chi connectivity index (χ2v) is 4.05. The molecule has 0 aliphatic heterocycles. The van der Waals surface area contributed by atoms with Crippen molar-refractivity contribution in [1.29, 1.82) is 0 Å². The Labute approximate surface area is 106 Å². The molecule has 5 nitrogen and oxygen atoms in total. The van der Waals surface area contributed by atoms with Crippen molar-refractivity contribution in [3.63, 3.8) is 0 Å². The lowest BCUT2D eigenvalue weighted by Gasteiger charge is -2.08. The molecule has 18 heavy (non-hydrogen) atoms. The van der Waals surface area contributed by atoms with Gasteiger partial charge in [-0.3, -0.25) is 4.79 Å². The highest BCUT2D eigenvalue weighted by molar-refractivity contribution is 5.35. The highest BCUT2D eigenvalue weighted by atomic mass is 16.1. The number of rotatable bonds is 4. The van der Waals surface area contributed by atoms with E-state index in [1.807, 2.05) is 24.5 Å². The van der Waals surface area contributed by atoms with Crippen molar-refractivity contribution in [2.45, 2.75) is 20.4 Å².